The van der Waals surface area contributed by atoms with E-state index in [2.05, 4.69) is 31.6 Å². The topological polar surface area (TPSA) is 142 Å². The van der Waals surface area contributed by atoms with Crippen LogP contribution in [0, 0.1) is 11.3 Å². The smallest absolute Gasteiger partial charge is 0.416 e. The highest BCUT2D eigenvalue weighted by molar-refractivity contribution is 5.92. The molecule has 8 rings (SSSR count). The zero-order valence-corrected chi connectivity index (χ0v) is 35.3. The fraction of sp³-hybridized carbons (Fsp3) is 0.250. The van der Waals surface area contributed by atoms with Gasteiger partial charge in [-0.1, -0.05) is 48.5 Å². The molecule has 17 heteroatoms. The molecule has 0 bridgehead atoms. The number of pyridine rings is 2. The molecule has 0 saturated heterocycles. The molecule has 2 atom stereocenters. The average Bonchev–Trinajstić information content (AvgIpc) is 3.29. The molecule has 0 aliphatic carbocycles. The maximum atomic E-state index is 12.9. The van der Waals surface area contributed by atoms with Crippen LogP contribution < -0.4 is 35.6 Å². The van der Waals surface area contributed by atoms with Gasteiger partial charge in [-0.25, -0.2) is 9.97 Å². The van der Waals surface area contributed by atoms with Crippen molar-refractivity contribution in [2.24, 2.45) is 5.73 Å². The normalized spacial score (nSPS) is 14.2. The molecule has 0 fully saturated rings. The van der Waals surface area contributed by atoms with Crippen molar-refractivity contribution in [3.05, 3.63) is 166 Å². The summed E-state index contributed by atoms with van der Waals surface area (Å²) in [5.74, 6) is 2.07. The van der Waals surface area contributed by atoms with Crippen LogP contribution in [0.25, 0.3) is 0 Å². The lowest BCUT2D eigenvalue weighted by atomic mass is 10.1. The number of carbonyl (C=O) groups is 1. The summed E-state index contributed by atoms with van der Waals surface area (Å²) in [7, 11) is 0. The van der Waals surface area contributed by atoms with Gasteiger partial charge in [0.25, 0.3) is 0 Å². The number of amides is 1. The Morgan fingerprint density at radius 1 is 0.662 bits per heavy atom. The molecular weight excluding hydrogens is 851 g/mol. The number of halogens is 6. The lowest BCUT2D eigenvalue weighted by Crippen LogP contribution is -2.33. The van der Waals surface area contributed by atoms with E-state index in [0.717, 1.165) is 57.9 Å². The molecule has 65 heavy (non-hydrogen) atoms. The molecule has 1 amide bonds. The zero-order valence-electron chi connectivity index (χ0n) is 35.3. The number of nitrogens with two attached hydrogens (primary N) is 1. The van der Waals surface area contributed by atoms with Crippen molar-refractivity contribution in [1.82, 2.24) is 9.97 Å². The molecular formula is C48H44F6N8O3. The Balaban J connectivity index is 0.000000194. The SMILES string of the molecule is C[C@H](Nc1nccc2c1N(Cc1ccc(C(F)(F)F)cc1)CCO2)c1ccc(C#N)cc1.C[C@H](Nc1nccc2c1N(Cc1ccc(C(F)(F)F)cc1)CCO2)c1ccc(C(N)=O)cc1. The summed E-state index contributed by atoms with van der Waals surface area (Å²) in [6.07, 6.45) is -5.41. The minimum atomic E-state index is -4.36. The third-order valence-corrected chi connectivity index (χ3v) is 10.9. The van der Waals surface area contributed by atoms with E-state index in [1.165, 1.54) is 24.3 Å². The number of alkyl halides is 6. The molecule has 2 aromatic heterocycles. The number of hydrogen-bond donors (Lipinski definition) is 3. The van der Waals surface area contributed by atoms with Crippen LogP contribution in [0.2, 0.25) is 0 Å². The molecule has 11 nitrogen and oxygen atoms in total. The van der Waals surface area contributed by atoms with E-state index in [-0.39, 0.29) is 12.1 Å². The predicted octanol–water partition coefficient (Wildman–Crippen LogP) is 10.3. The van der Waals surface area contributed by atoms with Gasteiger partial charge in [-0.15, -0.1) is 0 Å². The molecule has 4 heterocycles. The van der Waals surface area contributed by atoms with Crippen molar-refractivity contribution in [3.8, 4) is 17.6 Å². The van der Waals surface area contributed by atoms with Crippen LogP contribution in [0.15, 0.2) is 122 Å². The number of nitrogens with one attached hydrogen (secondary N) is 2. The highest BCUT2D eigenvalue weighted by Crippen LogP contribution is 2.41. The second kappa shape index (κ2) is 19.5. The highest BCUT2D eigenvalue weighted by Gasteiger charge is 2.32. The maximum absolute atomic E-state index is 12.9. The molecule has 0 radical (unpaired) electrons. The number of hydrogen-bond acceptors (Lipinski definition) is 10. The monoisotopic (exact) mass is 894 g/mol. The quantitative estimate of drug-likeness (QED) is 0.108. The highest BCUT2D eigenvalue weighted by atomic mass is 19.4. The minimum absolute atomic E-state index is 0.0865. The summed E-state index contributed by atoms with van der Waals surface area (Å²) in [5, 5.41) is 15.8. The lowest BCUT2D eigenvalue weighted by Gasteiger charge is -2.33. The largest absolute Gasteiger partial charge is 0.489 e. The van der Waals surface area contributed by atoms with E-state index < -0.39 is 29.4 Å². The van der Waals surface area contributed by atoms with E-state index in [9.17, 15) is 31.1 Å². The molecule has 6 aromatic rings. The molecule has 4 N–H and O–H groups in total. The Kier molecular flexibility index (Phi) is 13.7. The van der Waals surface area contributed by atoms with Gasteiger partial charge < -0.3 is 35.6 Å². The fourth-order valence-corrected chi connectivity index (χ4v) is 7.40. The van der Waals surface area contributed by atoms with Crippen molar-refractivity contribution >= 4 is 28.9 Å². The molecule has 2 aliphatic heterocycles. The van der Waals surface area contributed by atoms with Gasteiger partial charge in [-0.3, -0.25) is 4.79 Å². The van der Waals surface area contributed by atoms with E-state index in [0.29, 0.717) is 73.7 Å². The maximum Gasteiger partial charge on any atom is 0.416 e. The van der Waals surface area contributed by atoms with E-state index in [1.54, 1.807) is 48.8 Å². The average molecular weight is 895 g/mol. The molecule has 0 unspecified atom stereocenters. The van der Waals surface area contributed by atoms with E-state index in [1.807, 2.05) is 43.0 Å². The van der Waals surface area contributed by atoms with Crippen LogP contribution in [-0.2, 0) is 25.4 Å². The number of aromatic nitrogens is 2. The predicted molar refractivity (Wildman–Crippen MR) is 235 cm³/mol. The third kappa shape index (κ3) is 11.2. The van der Waals surface area contributed by atoms with Crippen LogP contribution in [0.1, 0.15) is 75.2 Å². The molecule has 4 aromatic carbocycles. The van der Waals surface area contributed by atoms with Gasteiger partial charge in [-0.2, -0.15) is 31.6 Å². The van der Waals surface area contributed by atoms with Gasteiger partial charge in [-0.05, 0) is 84.6 Å². The Labute approximate surface area is 371 Å². The number of carbonyl (C=O) groups excluding carboxylic acids is 1. The van der Waals surface area contributed by atoms with Gasteiger partial charge in [0.15, 0.2) is 11.6 Å². The number of primary amides is 1. The second-order valence-electron chi connectivity index (χ2n) is 15.4. The summed E-state index contributed by atoms with van der Waals surface area (Å²) in [6.45, 7) is 6.88. The Morgan fingerprint density at radius 2 is 1.06 bits per heavy atom. The van der Waals surface area contributed by atoms with Gasteiger partial charge in [0.05, 0.1) is 47.9 Å². The van der Waals surface area contributed by atoms with Crippen LogP contribution in [-0.4, -0.2) is 42.2 Å². The van der Waals surface area contributed by atoms with Crippen LogP contribution in [0.4, 0.5) is 49.4 Å². The summed E-state index contributed by atoms with van der Waals surface area (Å²) in [5.41, 5.74) is 9.97. The third-order valence-electron chi connectivity index (χ3n) is 10.9. The minimum Gasteiger partial charge on any atom is -0.489 e. The first kappa shape index (κ1) is 45.5. The van der Waals surface area contributed by atoms with Gasteiger partial charge >= 0.3 is 12.4 Å². The van der Waals surface area contributed by atoms with Gasteiger partial charge in [0.2, 0.25) is 5.91 Å². The van der Waals surface area contributed by atoms with Crippen LogP contribution >= 0.6 is 0 Å². The van der Waals surface area contributed by atoms with Crippen LogP contribution in [0.5, 0.6) is 11.5 Å². The first-order valence-electron chi connectivity index (χ1n) is 20.6. The number of ether oxygens (including phenoxy) is 2. The molecule has 336 valence electrons. The number of fused-ring (bicyclic) bond motifs is 2. The Hall–Kier alpha value is -7.48. The summed E-state index contributed by atoms with van der Waals surface area (Å²) < 4.78 is 88.9. The second-order valence-corrected chi connectivity index (χ2v) is 15.4. The van der Waals surface area contributed by atoms with E-state index >= 15 is 0 Å². The fourth-order valence-electron chi connectivity index (χ4n) is 7.40. The first-order chi connectivity index (χ1) is 31.1. The van der Waals surface area contributed by atoms with E-state index in [4.69, 9.17) is 20.5 Å². The lowest BCUT2D eigenvalue weighted by molar-refractivity contribution is -0.138. The van der Waals surface area contributed by atoms with Crippen molar-refractivity contribution in [2.75, 3.05) is 46.7 Å². The number of rotatable bonds is 11. The Morgan fingerprint density at radius 3 is 1.43 bits per heavy atom. The number of nitrogens with zero attached hydrogens (tertiary/aromatic N) is 5. The van der Waals surface area contributed by atoms with Gasteiger partial charge in [0, 0.05) is 43.2 Å². The van der Waals surface area contributed by atoms with Crippen LogP contribution in [0.3, 0.4) is 0 Å². The summed E-state index contributed by atoms with van der Waals surface area (Å²) in [6, 6.07) is 30.1. The first-order valence-corrected chi connectivity index (χ1v) is 20.6. The number of anilines is 4. The van der Waals surface area contributed by atoms with Crippen molar-refractivity contribution in [3.63, 3.8) is 0 Å². The van der Waals surface area contributed by atoms with Crippen molar-refractivity contribution < 1.29 is 40.6 Å². The molecule has 2 aliphatic rings. The van der Waals surface area contributed by atoms with Crippen molar-refractivity contribution in [1.29, 1.82) is 5.26 Å². The van der Waals surface area contributed by atoms with Gasteiger partial charge in [0.1, 0.15) is 36.1 Å². The van der Waals surface area contributed by atoms with Crippen molar-refractivity contribution in [2.45, 2.75) is 51.4 Å². The standard InChI is InChI=1S/C24H23F3N4O2.C24H21F3N4O/c1-15(17-4-6-18(7-5-17)22(28)32)30-23-21-20(10-11-29-23)33-13-12-31(21)14-16-2-8-19(9-3-16)24(25,26)27;1-16(19-6-2-17(14-28)3-7-19)30-23-22-21(10-11-29-23)32-13-12-31(22)15-18-4-8-20(9-5-18)24(25,26)27/h2-11,15H,12-14H2,1H3,(H2,28,32)(H,29,30);2-11,16H,12-13,15H2,1H3,(H,29,30)/t15-;16-/m00/s1. The number of nitriles is 1. The summed E-state index contributed by atoms with van der Waals surface area (Å²) in [4.78, 5) is 24.4. The molecule has 0 saturated carbocycles. The Bertz CT molecular complexity index is 2620. The molecule has 0 spiro atoms. The zero-order chi connectivity index (χ0) is 46.3. The number of benzene rings is 4. The summed E-state index contributed by atoms with van der Waals surface area (Å²) >= 11 is 0.